The highest BCUT2D eigenvalue weighted by Gasteiger charge is 2.23. The smallest absolute Gasteiger partial charge is 0.255 e. The first-order valence-electron chi connectivity index (χ1n) is 6.65. The molecule has 1 atom stereocenters. The molecule has 0 saturated heterocycles. The summed E-state index contributed by atoms with van der Waals surface area (Å²) < 4.78 is 15.3. The van der Waals surface area contributed by atoms with Gasteiger partial charge in [-0.3, -0.25) is 4.79 Å². The van der Waals surface area contributed by atoms with E-state index in [4.69, 9.17) is 14.2 Å². The van der Waals surface area contributed by atoms with Gasteiger partial charge in [0.1, 0.15) is 0 Å². The molecule has 1 aromatic carbocycles. The van der Waals surface area contributed by atoms with Crippen molar-refractivity contribution in [3.8, 4) is 11.5 Å². The summed E-state index contributed by atoms with van der Waals surface area (Å²) in [5, 5.41) is 12.8. The molecule has 0 aliphatic rings. The first-order chi connectivity index (χ1) is 9.95. The fourth-order valence-electron chi connectivity index (χ4n) is 1.84. The highest BCUT2D eigenvalue weighted by atomic mass is 16.5. The van der Waals surface area contributed by atoms with Gasteiger partial charge in [0.2, 0.25) is 0 Å². The summed E-state index contributed by atoms with van der Waals surface area (Å²) in [5.41, 5.74) is -0.669. The summed E-state index contributed by atoms with van der Waals surface area (Å²) in [6.45, 7) is 2.19. The van der Waals surface area contributed by atoms with Gasteiger partial charge >= 0.3 is 0 Å². The van der Waals surface area contributed by atoms with Crippen molar-refractivity contribution < 1.29 is 24.1 Å². The lowest BCUT2D eigenvalue weighted by molar-refractivity contribution is 0.0243. The number of carbonyl (C=O) groups excluding carboxylic acids is 1. The Kier molecular flexibility index (Phi) is 6.45. The molecule has 0 radical (unpaired) electrons. The molecule has 0 bridgehead atoms. The van der Waals surface area contributed by atoms with Crippen molar-refractivity contribution in [3.05, 3.63) is 23.8 Å². The number of carbonyl (C=O) groups is 1. The van der Waals surface area contributed by atoms with Crippen LogP contribution in [0.3, 0.4) is 0 Å². The highest BCUT2D eigenvalue weighted by molar-refractivity contribution is 5.97. The van der Waals surface area contributed by atoms with Crippen LogP contribution in [0.1, 0.15) is 23.7 Å². The van der Waals surface area contributed by atoms with Crippen molar-refractivity contribution in [1.82, 2.24) is 5.32 Å². The molecular formula is C15H23NO5. The third-order valence-corrected chi connectivity index (χ3v) is 3.12. The Morgan fingerprint density at radius 1 is 1.29 bits per heavy atom. The summed E-state index contributed by atoms with van der Waals surface area (Å²) in [7, 11) is 4.55. The fraction of sp³-hybridized carbons (Fsp3) is 0.533. The zero-order chi connectivity index (χ0) is 15.9. The zero-order valence-electron chi connectivity index (χ0n) is 12.9. The molecule has 0 spiro atoms. The number of rotatable bonds is 8. The first kappa shape index (κ1) is 17.3. The van der Waals surface area contributed by atoms with Gasteiger partial charge in [-0.15, -0.1) is 0 Å². The molecule has 0 aliphatic carbocycles. The molecule has 21 heavy (non-hydrogen) atoms. The predicted molar refractivity (Wildman–Crippen MR) is 79.0 cm³/mol. The Morgan fingerprint density at radius 2 is 2.00 bits per heavy atom. The van der Waals surface area contributed by atoms with Crippen LogP contribution in [-0.2, 0) is 4.74 Å². The minimum absolute atomic E-state index is 0.121. The minimum Gasteiger partial charge on any atom is -0.493 e. The molecule has 0 heterocycles. The van der Waals surface area contributed by atoms with Crippen molar-refractivity contribution in [2.45, 2.75) is 18.9 Å². The number of hydrogen-bond acceptors (Lipinski definition) is 5. The average molecular weight is 297 g/mol. The Balaban J connectivity index is 2.76. The van der Waals surface area contributed by atoms with E-state index in [0.29, 0.717) is 30.1 Å². The van der Waals surface area contributed by atoms with E-state index in [2.05, 4.69) is 5.32 Å². The van der Waals surface area contributed by atoms with E-state index in [9.17, 15) is 9.90 Å². The van der Waals surface area contributed by atoms with Crippen LogP contribution in [0.4, 0.5) is 0 Å². The second-order valence-corrected chi connectivity index (χ2v) is 4.96. The van der Waals surface area contributed by atoms with E-state index in [1.807, 2.05) is 0 Å². The second kappa shape index (κ2) is 7.85. The average Bonchev–Trinajstić information content (AvgIpc) is 2.49. The molecular weight excluding hydrogens is 274 g/mol. The lowest BCUT2D eigenvalue weighted by atomic mass is 10.0. The van der Waals surface area contributed by atoms with Crippen LogP contribution in [0.5, 0.6) is 11.5 Å². The van der Waals surface area contributed by atoms with Crippen LogP contribution in [0.2, 0.25) is 0 Å². The van der Waals surface area contributed by atoms with Crippen molar-refractivity contribution >= 4 is 5.91 Å². The van der Waals surface area contributed by atoms with Gasteiger partial charge in [-0.1, -0.05) is 6.07 Å². The van der Waals surface area contributed by atoms with Crippen molar-refractivity contribution in [2.75, 3.05) is 34.5 Å². The third kappa shape index (κ3) is 4.91. The van der Waals surface area contributed by atoms with Gasteiger partial charge in [0.05, 0.1) is 25.4 Å². The van der Waals surface area contributed by atoms with Gasteiger partial charge in [0.15, 0.2) is 11.5 Å². The molecule has 0 aromatic heterocycles. The van der Waals surface area contributed by atoms with Gasteiger partial charge in [0.25, 0.3) is 5.91 Å². The van der Waals surface area contributed by atoms with Crippen molar-refractivity contribution in [2.24, 2.45) is 0 Å². The van der Waals surface area contributed by atoms with Gasteiger partial charge in [-0.2, -0.15) is 0 Å². The Labute approximate surface area is 125 Å². The van der Waals surface area contributed by atoms with Crippen LogP contribution in [-0.4, -0.2) is 51.1 Å². The molecule has 1 aromatic rings. The van der Waals surface area contributed by atoms with Gasteiger partial charge in [0, 0.05) is 26.7 Å². The molecule has 6 heteroatoms. The molecule has 1 rings (SSSR count). The summed E-state index contributed by atoms with van der Waals surface area (Å²) >= 11 is 0. The highest BCUT2D eigenvalue weighted by Crippen LogP contribution is 2.30. The maximum Gasteiger partial charge on any atom is 0.255 e. The van der Waals surface area contributed by atoms with Crippen LogP contribution < -0.4 is 14.8 Å². The van der Waals surface area contributed by atoms with Crippen LogP contribution in [0.15, 0.2) is 18.2 Å². The zero-order valence-corrected chi connectivity index (χ0v) is 12.9. The molecule has 6 nitrogen and oxygen atoms in total. The van der Waals surface area contributed by atoms with Crippen molar-refractivity contribution in [3.63, 3.8) is 0 Å². The summed E-state index contributed by atoms with van der Waals surface area (Å²) in [6.07, 6.45) is 0.430. The Bertz CT molecular complexity index is 473. The molecule has 118 valence electrons. The topological polar surface area (TPSA) is 77.0 Å². The van der Waals surface area contributed by atoms with Crippen LogP contribution in [0, 0.1) is 0 Å². The lowest BCUT2D eigenvalue weighted by Gasteiger charge is -2.23. The van der Waals surface area contributed by atoms with E-state index >= 15 is 0 Å². The SMILES string of the molecule is COCCC(C)(O)CNC(=O)c1cccc(OC)c1OC. The summed E-state index contributed by atoms with van der Waals surface area (Å²) in [5.74, 6) is 0.522. The minimum atomic E-state index is -1.03. The Hall–Kier alpha value is -1.79. The summed E-state index contributed by atoms with van der Waals surface area (Å²) in [4.78, 5) is 12.2. The van der Waals surface area contributed by atoms with E-state index in [0.717, 1.165) is 0 Å². The number of benzene rings is 1. The van der Waals surface area contributed by atoms with Gasteiger partial charge in [-0.25, -0.2) is 0 Å². The first-order valence-corrected chi connectivity index (χ1v) is 6.65. The molecule has 0 saturated carbocycles. The maximum atomic E-state index is 12.2. The summed E-state index contributed by atoms with van der Waals surface area (Å²) in [6, 6.07) is 5.06. The van der Waals surface area contributed by atoms with E-state index < -0.39 is 5.60 Å². The largest absolute Gasteiger partial charge is 0.493 e. The molecule has 0 aliphatic heterocycles. The second-order valence-electron chi connectivity index (χ2n) is 4.96. The van der Waals surface area contributed by atoms with E-state index in [1.165, 1.54) is 14.2 Å². The predicted octanol–water partition coefficient (Wildman–Crippen LogP) is 1.22. The normalized spacial score (nSPS) is 13.4. The van der Waals surface area contributed by atoms with Crippen LogP contribution in [0.25, 0.3) is 0 Å². The number of aliphatic hydroxyl groups is 1. The molecule has 0 fully saturated rings. The third-order valence-electron chi connectivity index (χ3n) is 3.12. The number of nitrogens with one attached hydrogen (secondary N) is 1. The molecule has 1 amide bonds. The number of methoxy groups -OCH3 is 3. The fourth-order valence-corrected chi connectivity index (χ4v) is 1.84. The maximum absolute atomic E-state index is 12.2. The number of para-hydroxylation sites is 1. The standard InChI is InChI=1S/C15H23NO5/c1-15(18,8-9-19-2)10-16-14(17)11-6-5-7-12(20-3)13(11)21-4/h5-7,18H,8-10H2,1-4H3,(H,16,17). The van der Waals surface area contributed by atoms with Crippen molar-refractivity contribution in [1.29, 1.82) is 0 Å². The van der Waals surface area contributed by atoms with E-state index in [-0.39, 0.29) is 12.5 Å². The number of ether oxygens (including phenoxy) is 3. The van der Waals surface area contributed by atoms with Gasteiger partial charge < -0.3 is 24.6 Å². The lowest BCUT2D eigenvalue weighted by Crippen LogP contribution is -2.41. The quantitative estimate of drug-likeness (QED) is 0.754. The number of amides is 1. The van der Waals surface area contributed by atoms with Crippen LogP contribution >= 0.6 is 0 Å². The van der Waals surface area contributed by atoms with E-state index in [1.54, 1.807) is 32.2 Å². The number of hydrogen-bond donors (Lipinski definition) is 2. The van der Waals surface area contributed by atoms with Gasteiger partial charge in [-0.05, 0) is 19.1 Å². The Morgan fingerprint density at radius 3 is 2.57 bits per heavy atom. The molecule has 1 unspecified atom stereocenters. The monoisotopic (exact) mass is 297 g/mol. The molecule has 2 N–H and O–H groups in total.